The van der Waals surface area contributed by atoms with Crippen LogP contribution in [0.4, 0.5) is 0 Å². The first-order valence-electron chi connectivity index (χ1n) is 6.68. The molecule has 0 fully saturated rings. The Morgan fingerprint density at radius 2 is 2.10 bits per heavy atom. The number of ether oxygens (including phenoxy) is 1. The molecule has 0 spiro atoms. The van der Waals surface area contributed by atoms with E-state index >= 15 is 0 Å². The van der Waals surface area contributed by atoms with Crippen molar-refractivity contribution in [1.29, 1.82) is 0 Å². The van der Waals surface area contributed by atoms with Gasteiger partial charge in [-0.3, -0.25) is 4.68 Å². The molecule has 0 aliphatic heterocycles. The molecule has 2 rings (SSSR count). The fourth-order valence-corrected chi connectivity index (χ4v) is 2.23. The highest BCUT2D eigenvalue weighted by Crippen LogP contribution is 2.24. The van der Waals surface area contributed by atoms with Crippen molar-refractivity contribution in [2.45, 2.75) is 25.9 Å². The zero-order valence-electron chi connectivity index (χ0n) is 12.0. The van der Waals surface area contributed by atoms with E-state index in [1.54, 1.807) is 23.7 Å². The zero-order valence-corrected chi connectivity index (χ0v) is 12.8. The van der Waals surface area contributed by atoms with Gasteiger partial charge in [-0.2, -0.15) is 5.10 Å². The highest BCUT2D eigenvalue weighted by molar-refractivity contribution is 6.31. The SMILES string of the molecule is CCOC(=O)C(N)(Cn1ncc(Cl)c1C)c1ccccc1. The van der Waals surface area contributed by atoms with E-state index < -0.39 is 11.5 Å². The number of hydrogen-bond donors (Lipinski definition) is 1. The minimum atomic E-state index is -1.31. The molecule has 0 amide bonds. The largest absolute Gasteiger partial charge is 0.464 e. The Bertz CT molecular complexity index is 627. The number of nitrogens with two attached hydrogens (primary N) is 1. The van der Waals surface area contributed by atoms with Crippen LogP contribution in [0.3, 0.4) is 0 Å². The van der Waals surface area contributed by atoms with Gasteiger partial charge in [0.1, 0.15) is 0 Å². The van der Waals surface area contributed by atoms with Crippen LogP contribution in [0.25, 0.3) is 0 Å². The van der Waals surface area contributed by atoms with Crippen molar-refractivity contribution < 1.29 is 9.53 Å². The Labute approximate surface area is 128 Å². The quantitative estimate of drug-likeness (QED) is 0.860. The lowest BCUT2D eigenvalue weighted by molar-refractivity contribution is -0.150. The van der Waals surface area contributed by atoms with Crippen molar-refractivity contribution in [2.75, 3.05) is 6.61 Å². The minimum absolute atomic E-state index is 0.161. The van der Waals surface area contributed by atoms with E-state index in [4.69, 9.17) is 22.1 Å². The molecule has 21 heavy (non-hydrogen) atoms. The summed E-state index contributed by atoms with van der Waals surface area (Å²) in [5, 5.41) is 4.70. The number of aromatic nitrogens is 2. The summed E-state index contributed by atoms with van der Waals surface area (Å²) >= 11 is 6.00. The van der Waals surface area contributed by atoms with Crippen LogP contribution >= 0.6 is 11.6 Å². The van der Waals surface area contributed by atoms with E-state index in [0.717, 1.165) is 5.69 Å². The molecule has 1 unspecified atom stereocenters. The summed E-state index contributed by atoms with van der Waals surface area (Å²) in [5.41, 5.74) is 6.50. The Hall–Kier alpha value is -1.85. The molecule has 1 atom stereocenters. The molecule has 2 N–H and O–H groups in total. The van der Waals surface area contributed by atoms with Gasteiger partial charge in [-0.25, -0.2) is 4.79 Å². The van der Waals surface area contributed by atoms with E-state index in [2.05, 4.69) is 5.10 Å². The summed E-state index contributed by atoms with van der Waals surface area (Å²) < 4.78 is 6.76. The van der Waals surface area contributed by atoms with Gasteiger partial charge in [-0.1, -0.05) is 41.9 Å². The van der Waals surface area contributed by atoms with Crippen LogP contribution in [0, 0.1) is 6.92 Å². The van der Waals surface area contributed by atoms with E-state index in [9.17, 15) is 4.79 Å². The first-order chi connectivity index (χ1) is 9.99. The number of carbonyl (C=O) groups excluding carboxylic acids is 1. The molecule has 0 radical (unpaired) electrons. The van der Waals surface area contributed by atoms with Crippen molar-refractivity contribution in [3.63, 3.8) is 0 Å². The maximum Gasteiger partial charge on any atom is 0.332 e. The zero-order chi connectivity index (χ0) is 15.5. The third-order valence-corrected chi connectivity index (χ3v) is 3.74. The topological polar surface area (TPSA) is 70.1 Å². The van der Waals surface area contributed by atoms with Gasteiger partial charge in [0, 0.05) is 0 Å². The normalized spacial score (nSPS) is 13.7. The van der Waals surface area contributed by atoms with E-state index in [1.807, 2.05) is 25.1 Å². The van der Waals surface area contributed by atoms with Crippen LogP contribution in [-0.4, -0.2) is 22.4 Å². The third kappa shape index (κ3) is 3.09. The second-order valence-corrected chi connectivity index (χ2v) is 5.20. The lowest BCUT2D eigenvalue weighted by atomic mass is 9.91. The van der Waals surface area contributed by atoms with Crippen molar-refractivity contribution in [2.24, 2.45) is 5.73 Å². The highest BCUT2D eigenvalue weighted by atomic mass is 35.5. The molecule has 1 heterocycles. The average molecular weight is 308 g/mol. The molecule has 0 saturated carbocycles. The molecular formula is C15H18ClN3O2. The summed E-state index contributed by atoms with van der Waals surface area (Å²) in [6, 6.07) is 9.14. The van der Waals surface area contributed by atoms with Gasteiger partial charge in [-0.05, 0) is 19.4 Å². The molecule has 0 bridgehead atoms. The number of nitrogens with zero attached hydrogens (tertiary/aromatic N) is 2. The fourth-order valence-electron chi connectivity index (χ4n) is 2.09. The van der Waals surface area contributed by atoms with Crippen LogP contribution in [0.1, 0.15) is 18.2 Å². The Morgan fingerprint density at radius 1 is 1.43 bits per heavy atom. The monoisotopic (exact) mass is 307 g/mol. The van der Waals surface area contributed by atoms with Crippen LogP contribution < -0.4 is 5.73 Å². The lowest BCUT2D eigenvalue weighted by Crippen LogP contribution is -2.49. The number of rotatable bonds is 5. The van der Waals surface area contributed by atoms with Crippen LogP contribution in [0.15, 0.2) is 36.5 Å². The second kappa shape index (κ2) is 6.28. The standard InChI is InChI=1S/C15H18ClN3O2/c1-3-21-14(20)15(17,12-7-5-4-6-8-12)10-19-11(2)13(16)9-18-19/h4-9H,3,10,17H2,1-2H3. The van der Waals surface area contributed by atoms with Gasteiger partial charge in [0.15, 0.2) is 5.54 Å². The number of carbonyl (C=O) groups is 1. The molecular weight excluding hydrogens is 290 g/mol. The first-order valence-corrected chi connectivity index (χ1v) is 7.06. The maximum atomic E-state index is 12.4. The number of esters is 1. The van der Waals surface area contributed by atoms with E-state index in [-0.39, 0.29) is 13.2 Å². The molecule has 6 heteroatoms. The van der Waals surface area contributed by atoms with Gasteiger partial charge >= 0.3 is 5.97 Å². The minimum Gasteiger partial charge on any atom is -0.464 e. The molecule has 0 saturated heterocycles. The van der Waals surface area contributed by atoms with Crippen molar-refractivity contribution >= 4 is 17.6 Å². The Morgan fingerprint density at radius 3 is 2.62 bits per heavy atom. The smallest absolute Gasteiger partial charge is 0.332 e. The summed E-state index contributed by atoms with van der Waals surface area (Å²) in [6.45, 7) is 4.00. The predicted octanol–water partition coefficient (Wildman–Crippen LogP) is 2.26. The second-order valence-electron chi connectivity index (χ2n) is 4.79. The van der Waals surface area contributed by atoms with Crippen LogP contribution in [0.2, 0.25) is 5.02 Å². The summed E-state index contributed by atoms with van der Waals surface area (Å²) in [6.07, 6.45) is 1.54. The number of benzene rings is 1. The Kier molecular flexibility index (Phi) is 4.65. The predicted molar refractivity (Wildman–Crippen MR) is 80.9 cm³/mol. The van der Waals surface area contributed by atoms with Crippen LogP contribution in [0.5, 0.6) is 0 Å². The average Bonchev–Trinajstić information content (AvgIpc) is 2.80. The third-order valence-electron chi connectivity index (χ3n) is 3.37. The Balaban J connectivity index is 2.41. The molecule has 0 aliphatic rings. The van der Waals surface area contributed by atoms with Crippen LogP contribution in [-0.2, 0) is 21.6 Å². The van der Waals surface area contributed by atoms with Gasteiger partial charge in [0.2, 0.25) is 0 Å². The molecule has 5 nitrogen and oxygen atoms in total. The molecule has 1 aromatic heterocycles. The van der Waals surface area contributed by atoms with Gasteiger partial charge in [0.05, 0.1) is 30.1 Å². The molecule has 2 aromatic rings. The molecule has 1 aromatic carbocycles. The van der Waals surface area contributed by atoms with Crippen molar-refractivity contribution in [3.8, 4) is 0 Å². The lowest BCUT2D eigenvalue weighted by Gasteiger charge is -2.28. The van der Waals surface area contributed by atoms with Crippen molar-refractivity contribution in [3.05, 3.63) is 52.8 Å². The number of hydrogen-bond acceptors (Lipinski definition) is 4. The molecule has 0 aliphatic carbocycles. The fraction of sp³-hybridized carbons (Fsp3) is 0.333. The van der Waals surface area contributed by atoms with Gasteiger partial charge < -0.3 is 10.5 Å². The van der Waals surface area contributed by atoms with Gasteiger partial charge in [-0.15, -0.1) is 0 Å². The van der Waals surface area contributed by atoms with Crippen molar-refractivity contribution in [1.82, 2.24) is 9.78 Å². The summed E-state index contributed by atoms with van der Waals surface area (Å²) in [7, 11) is 0. The number of halogens is 1. The summed E-state index contributed by atoms with van der Waals surface area (Å²) in [4.78, 5) is 12.4. The summed E-state index contributed by atoms with van der Waals surface area (Å²) in [5.74, 6) is -0.484. The molecule has 112 valence electrons. The maximum absolute atomic E-state index is 12.4. The highest BCUT2D eigenvalue weighted by Gasteiger charge is 2.38. The first kappa shape index (κ1) is 15.5. The van der Waals surface area contributed by atoms with E-state index in [0.29, 0.717) is 10.6 Å². The van der Waals surface area contributed by atoms with E-state index in [1.165, 1.54) is 6.20 Å². The van der Waals surface area contributed by atoms with Gasteiger partial charge in [0.25, 0.3) is 0 Å².